The van der Waals surface area contributed by atoms with Gasteiger partial charge in [-0.3, -0.25) is 0 Å². The molecule has 0 fully saturated rings. The Hall–Kier alpha value is -1.54. The van der Waals surface area contributed by atoms with Gasteiger partial charge in [-0.2, -0.15) is 0 Å². The Morgan fingerprint density at radius 2 is 1.79 bits per heavy atom. The average Bonchev–Trinajstić information content (AvgIpc) is 2.36. The Morgan fingerprint density at radius 1 is 1.05 bits per heavy atom. The Bertz CT molecular complexity index is 593. The van der Waals surface area contributed by atoms with Gasteiger partial charge in [-0.05, 0) is 56.5 Å². The highest BCUT2D eigenvalue weighted by Gasteiger charge is 2.08. The van der Waals surface area contributed by atoms with E-state index in [2.05, 4.69) is 49.3 Å². The zero-order chi connectivity index (χ0) is 14.0. The summed E-state index contributed by atoms with van der Waals surface area (Å²) < 4.78 is 0. The van der Waals surface area contributed by atoms with Gasteiger partial charge in [0.15, 0.2) is 0 Å². The van der Waals surface area contributed by atoms with Crippen LogP contribution in [0.3, 0.4) is 0 Å². The summed E-state index contributed by atoms with van der Waals surface area (Å²) in [4.78, 5) is 4.25. The van der Waals surface area contributed by atoms with Gasteiger partial charge < -0.3 is 5.32 Å². The summed E-state index contributed by atoms with van der Waals surface area (Å²) in [7, 11) is 0. The first-order chi connectivity index (χ1) is 8.97. The molecule has 0 saturated carbocycles. The average molecular weight is 275 g/mol. The van der Waals surface area contributed by atoms with Crippen LogP contribution >= 0.6 is 11.6 Å². The summed E-state index contributed by atoms with van der Waals surface area (Å²) in [6.45, 7) is 8.38. The van der Waals surface area contributed by atoms with Crippen molar-refractivity contribution in [3.05, 3.63) is 57.9 Å². The van der Waals surface area contributed by atoms with E-state index in [4.69, 9.17) is 11.6 Å². The number of aromatic nitrogens is 1. The summed E-state index contributed by atoms with van der Waals surface area (Å²) in [5.74, 6) is 0. The van der Waals surface area contributed by atoms with Gasteiger partial charge in [-0.1, -0.05) is 29.8 Å². The first-order valence-electron chi connectivity index (χ1n) is 6.44. The molecular formula is C16H19ClN2. The summed E-state index contributed by atoms with van der Waals surface area (Å²) in [6.07, 6.45) is 0. The van der Waals surface area contributed by atoms with Gasteiger partial charge in [0.2, 0.25) is 0 Å². The van der Waals surface area contributed by atoms with Crippen LogP contribution in [0, 0.1) is 20.8 Å². The Morgan fingerprint density at radius 3 is 2.42 bits per heavy atom. The van der Waals surface area contributed by atoms with Gasteiger partial charge in [0.1, 0.15) is 5.15 Å². The maximum Gasteiger partial charge on any atom is 0.129 e. The van der Waals surface area contributed by atoms with E-state index < -0.39 is 0 Å². The van der Waals surface area contributed by atoms with E-state index in [0.717, 1.165) is 11.4 Å². The van der Waals surface area contributed by atoms with Crippen molar-refractivity contribution in [2.24, 2.45) is 0 Å². The molecule has 0 amide bonds. The van der Waals surface area contributed by atoms with E-state index in [9.17, 15) is 0 Å². The molecule has 2 aromatic rings. The number of aryl methyl sites for hydroxylation is 3. The lowest BCUT2D eigenvalue weighted by molar-refractivity contribution is 0.876. The van der Waals surface area contributed by atoms with Crippen molar-refractivity contribution >= 4 is 17.3 Å². The number of hydrogen-bond donors (Lipinski definition) is 1. The zero-order valence-corrected chi connectivity index (χ0v) is 12.5. The molecule has 1 atom stereocenters. The molecule has 1 unspecified atom stereocenters. The first-order valence-corrected chi connectivity index (χ1v) is 6.82. The van der Waals surface area contributed by atoms with E-state index in [1.54, 1.807) is 0 Å². The molecule has 0 aliphatic heterocycles. The lowest BCUT2D eigenvalue weighted by Gasteiger charge is -2.18. The maximum atomic E-state index is 5.87. The molecule has 1 aromatic carbocycles. The van der Waals surface area contributed by atoms with E-state index in [-0.39, 0.29) is 6.04 Å². The number of anilines is 1. The van der Waals surface area contributed by atoms with Crippen LogP contribution in [-0.2, 0) is 0 Å². The predicted octanol–water partition coefficient (Wildman–Crippen LogP) is 4.83. The van der Waals surface area contributed by atoms with Gasteiger partial charge >= 0.3 is 0 Å². The molecular weight excluding hydrogens is 256 g/mol. The second-order valence-corrected chi connectivity index (χ2v) is 5.36. The Kier molecular flexibility index (Phi) is 4.11. The number of pyridine rings is 1. The fourth-order valence-corrected chi connectivity index (χ4v) is 2.22. The molecule has 1 aromatic heterocycles. The number of nitrogens with zero attached hydrogens (tertiary/aromatic N) is 1. The molecule has 0 saturated heterocycles. The minimum atomic E-state index is 0.237. The molecule has 0 spiro atoms. The van der Waals surface area contributed by atoms with Crippen molar-refractivity contribution in [1.29, 1.82) is 0 Å². The van der Waals surface area contributed by atoms with Crippen LogP contribution in [0.2, 0.25) is 5.15 Å². The molecule has 100 valence electrons. The number of rotatable bonds is 3. The van der Waals surface area contributed by atoms with E-state index in [1.807, 2.05) is 19.1 Å². The molecule has 1 N–H and O–H groups in total. The molecule has 0 aliphatic rings. The normalized spacial score (nSPS) is 12.3. The molecule has 19 heavy (non-hydrogen) atoms. The smallest absolute Gasteiger partial charge is 0.129 e. The lowest BCUT2D eigenvalue weighted by atomic mass is 10.0. The van der Waals surface area contributed by atoms with Crippen molar-refractivity contribution in [3.8, 4) is 0 Å². The zero-order valence-electron chi connectivity index (χ0n) is 11.8. The minimum Gasteiger partial charge on any atom is -0.377 e. The highest BCUT2D eigenvalue weighted by atomic mass is 35.5. The van der Waals surface area contributed by atoms with Crippen molar-refractivity contribution < 1.29 is 0 Å². The summed E-state index contributed by atoms with van der Waals surface area (Å²) in [5.41, 5.74) is 5.85. The molecule has 2 nitrogen and oxygen atoms in total. The van der Waals surface area contributed by atoms with Crippen molar-refractivity contribution in [2.75, 3.05) is 5.32 Å². The SMILES string of the molecule is Cc1ccc(C(C)Nc2ccc(Cl)nc2C)cc1C. The fraction of sp³-hybridized carbons (Fsp3) is 0.312. The monoisotopic (exact) mass is 274 g/mol. The molecule has 2 rings (SSSR count). The van der Waals surface area contributed by atoms with Gasteiger partial charge in [0.05, 0.1) is 11.4 Å². The van der Waals surface area contributed by atoms with Crippen LogP contribution < -0.4 is 5.32 Å². The van der Waals surface area contributed by atoms with E-state index in [0.29, 0.717) is 5.15 Å². The highest BCUT2D eigenvalue weighted by molar-refractivity contribution is 6.29. The van der Waals surface area contributed by atoms with Crippen molar-refractivity contribution in [3.63, 3.8) is 0 Å². The summed E-state index contributed by atoms with van der Waals surface area (Å²) >= 11 is 5.87. The maximum absolute atomic E-state index is 5.87. The molecule has 3 heteroatoms. The van der Waals surface area contributed by atoms with Crippen molar-refractivity contribution in [2.45, 2.75) is 33.7 Å². The molecule has 0 aliphatic carbocycles. The molecule has 0 radical (unpaired) electrons. The fourth-order valence-electron chi connectivity index (χ4n) is 2.03. The predicted molar refractivity (Wildman–Crippen MR) is 81.9 cm³/mol. The third-order valence-electron chi connectivity index (χ3n) is 3.45. The molecule has 1 heterocycles. The Labute approximate surface area is 119 Å². The first kappa shape index (κ1) is 13.9. The van der Waals surface area contributed by atoms with Crippen LogP contribution in [0.1, 0.15) is 35.3 Å². The topological polar surface area (TPSA) is 24.9 Å². The third-order valence-corrected chi connectivity index (χ3v) is 3.67. The number of hydrogen-bond acceptors (Lipinski definition) is 2. The van der Waals surface area contributed by atoms with Gasteiger partial charge in [0.25, 0.3) is 0 Å². The Balaban J connectivity index is 2.20. The summed E-state index contributed by atoms with van der Waals surface area (Å²) in [5, 5.41) is 4.01. The van der Waals surface area contributed by atoms with Crippen LogP contribution in [-0.4, -0.2) is 4.98 Å². The summed E-state index contributed by atoms with van der Waals surface area (Å²) in [6, 6.07) is 10.6. The quantitative estimate of drug-likeness (QED) is 0.811. The van der Waals surface area contributed by atoms with Crippen LogP contribution in [0.4, 0.5) is 5.69 Å². The van der Waals surface area contributed by atoms with Crippen LogP contribution in [0.25, 0.3) is 0 Å². The number of benzene rings is 1. The number of halogens is 1. The van der Waals surface area contributed by atoms with E-state index >= 15 is 0 Å². The van der Waals surface area contributed by atoms with Gasteiger partial charge in [-0.25, -0.2) is 4.98 Å². The van der Waals surface area contributed by atoms with E-state index in [1.165, 1.54) is 16.7 Å². The number of nitrogens with one attached hydrogen (secondary N) is 1. The van der Waals surface area contributed by atoms with Crippen molar-refractivity contribution in [1.82, 2.24) is 4.98 Å². The van der Waals surface area contributed by atoms with Gasteiger partial charge in [0, 0.05) is 6.04 Å². The highest BCUT2D eigenvalue weighted by Crippen LogP contribution is 2.23. The largest absolute Gasteiger partial charge is 0.377 e. The lowest BCUT2D eigenvalue weighted by Crippen LogP contribution is -2.08. The van der Waals surface area contributed by atoms with Crippen LogP contribution in [0.15, 0.2) is 30.3 Å². The van der Waals surface area contributed by atoms with Gasteiger partial charge in [-0.15, -0.1) is 0 Å². The van der Waals surface area contributed by atoms with Crippen LogP contribution in [0.5, 0.6) is 0 Å². The standard InChI is InChI=1S/C16H19ClN2/c1-10-5-6-14(9-11(10)2)12(3)18-15-7-8-16(17)19-13(15)4/h5-9,12,18H,1-4H3. The minimum absolute atomic E-state index is 0.237. The second kappa shape index (κ2) is 5.62. The third kappa shape index (κ3) is 3.27. The second-order valence-electron chi connectivity index (χ2n) is 4.98. The molecule has 0 bridgehead atoms.